The smallest absolute Gasteiger partial charge is 0.339 e. The van der Waals surface area contributed by atoms with Crippen molar-refractivity contribution in [1.29, 1.82) is 0 Å². The van der Waals surface area contributed by atoms with Gasteiger partial charge in [0.15, 0.2) is 0 Å². The topological polar surface area (TPSA) is 86.5 Å². The molecule has 0 radical (unpaired) electrons. The van der Waals surface area contributed by atoms with Gasteiger partial charge in [0.2, 0.25) is 10.0 Å². The zero-order chi connectivity index (χ0) is 13.9. The molecule has 0 aromatic heterocycles. The maximum atomic E-state index is 11.7. The van der Waals surface area contributed by atoms with Gasteiger partial charge in [-0.25, -0.2) is 18.4 Å². The molecule has 1 aromatic rings. The highest BCUT2D eigenvalue weighted by molar-refractivity contribution is 9.10. The number of ether oxygens (including phenoxy) is 1. The standard InChI is InChI=1S/C10H11BrClNO4S/c1-2-3-17-10(14)7-4-6(11)5-8(9(7)12)18(13,15)16/h4-5H,2-3H2,1H3,(H2,13,15,16). The van der Waals surface area contributed by atoms with Crippen LogP contribution in [0, 0.1) is 0 Å². The molecule has 0 heterocycles. The Labute approximate surface area is 118 Å². The van der Waals surface area contributed by atoms with Crippen molar-refractivity contribution in [2.75, 3.05) is 6.61 Å². The van der Waals surface area contributed by atoms with E-state index in [1.54, 1.807) is 0 Å². The molecule has 1 rings (SSSR count). The van der Waals surface area contributed by atoms with Gasteiger partial charge < -0.3 is 4.74 Å². The Morgan fingerprint density at radius 2 is 2.11 bits per heavy atom. The van der Waals surface area contributed by atoms with Crippen molar-refractivity contribution in [2.45, 2.75) is 18.2 Å². The van der Waals surface area contributed by atoms with Crippen molar-refractivity contribution < 1.29 is 17.9 Å². The molecule has 0 amide bonds. The van der Waals surface area contributed by atoms with Crippen LogP contribution in [-0.2, 0) is 14.8 Å². The first kappa shape index (κ1) is 15.4. The molecular formula is C10H11BrClNO4S. The summed E-state index contributed by atoms with van der Waals surface area (Å²) in [5.74, 6) is -0.687. The van der Waals surface area contributed by atoms with Gasteiger partial charge in [-0.1, -0.05) is 34.5 Å². The quantitative estimate of drug-likeness (QED) is 0.839. The molecule has 0 aliphatic rings. The molecule has 0 spiro atoms. The summed E-state index contributed by atoms with van der Waals surface area (Å²) < 4.78 is 27.9. The highest BCUT2D eigenvalue weighted by Gasteiger charge is 2.21. The number of nitrogens with two attached hydrogens (primary N) is 1. The second kappa shape index (κ2) is 6.01. The van der Waals surface area contributed by atoms with Crippen molar-refractivity contribution in [1.82, 2.24) is 0 Å². The summed E-state index contributed by atoms with van der Waals surface area (Å²) in [4.78, 5) is 11.4. The van der Waals surface area contributed by atoms with Crippen LogP contribution >= 0.6 is 27.5 Å². The normalized spacial score (nSPS) is 11.3. The molecule has 0 fully saturated rings. The van der Waals surface area contributed by atoms with Crippen LogP contribution < -0.4 is 5.14 Å². The van der Waals surface area contributed by atoms with Crippen molar-refractivity contribution in [2.24, 2.45) is 5.14 Å². The Hall–Kier alpha value is -0.630. The largest absolute Gasteiger partial charge is 0.462 e. The maximum absolute atomic E-state index is 11.7. The lowest BCUT2D eigenvalue weighted by atomic mass is 10.2. The lowest BCUT2D eigenvalue weighted by molar-refractivity contribution is 0.0505. The van der Waals surface area contributed by atoms with E-state index in [2.05, 4.69) is 15.9 Å². The SMILES string of the molecule is CCCOC(=O)c1cc(Br)cc(S(N)(=O)=O)c1Cl. The molecular weight excluding hydrogens is 346 g/mol. The molecule has 0 aliphatic carbocycles. The van der Waals surface area contributed by atoms with Crippen molar-refractivity contribution >= 4 is 43.5 Å². The molecule has 0 unspecified atom stereocenters. The van der Waals surface area contributed by atoms with Crippen LogP contribution in [0.3, 0.4) is 0 Å². The maximum Gasteiger partial charge on any atom is 0.339 e. The Morgan fingerprint density at radius 1 is 1.50 bits per heavy atom. The van der Waals surface area contributed by atoms with Gasteiger partial charge in [0.25, 0.3) is 0 Å². The molecule has 5 nitrogen and oxygen atoms in total. The van der Waals surface area contributed by atoms with Crippen molar-refractivity contribution in [3.63, 3.8) is 0 Å². The highest BCUT2D eigenvalue weighted by Crippen LogP contribution is 2.29. The summed E-state index contributed by atoms with van der Waals surface area (Å²) in [6, 6.07) is 2.61. The molecule has 0 bridgehead atoms. The van der Waals surface area contributed by atoms with Crippen LogP contribution in [0.4, 0.5) is 0 Å². The Bertz CT molecular complexity index is 573. The number of esters is 1. The second-order valence-corrected chi connectivity index (χ2v) is 6.27. The van der Waals surface area contributed by atoms with Gasteiger partial charge in [0, 0.05) is 4.47 Å². The average Bonchev–Trinajstić information content (AvgIpc) is 2.27. The molecule has 0 saturated heterocycles. The van der Waals surface area contributed by atoms with Gasteiger partial charge >= 0.3 is 5.97 Å². The molecule has 2 N–H and O–H groups in total. The summed E-state index contributed by atoms with van der Waals surface area (Å²) in [6.45, 7) is 2.07. The van der Waals surface area contributed by atoms with Crippen LogP contribution in [0.5, 0.6) is 0 Å². The highest BCUT2D eigenvalue weighted by atomic mass is 79.9. The number of hydrogen-bond donors (Lipinski definition) is 1. The molecule has 100 valence electrons. The molecule has 0 atom stereocenters. The molecule has 0 aliphatic heterocycles. The first-order chi connectivity index (χ1) is 8.27. The molecule has 0 saturated carbocycles. The third-order valence-electron chi connectivity index (χ3n) is 1.97. The number of primary sulfonamides is 1. The first-order valence-electron chi connectivity index (χ1n) is 4.96. The number of carbonyl (C=O) groups excluding carboxylic acids is 1. The molecule has 18 heavy (non-hydrogen) atoms. The van der Waals surface area contributed by atoms with E-state index < -0.39 is 16.0 Å². The van der Waals surface area contributed by atoms with Crippen LogP contribution in [0.15, 0.2) is 21.5 Å². The monoisotopic (exact) mass is 355 g/mol. The summed E-state index contributed by atoms with van der Waals surface area (Å²) >= 11 is 8.95. The van der Waals surface area contributed by atoms with E-state index in [1.165, 1.54) is 12.1 Å². The Balaban J connectivity index is 3.30. The van der Waals surface area contributed by atoms with E-state index in [0.29, 0.717) is 10.9 Å². The predicted molar refractivity (Wildman–Crippen MR) is 71.1 cm³/mol. The van der Waals surface area contributed by atoms with E-state index in [4.69, 9.17) is 21.5 Å². The second-order valence-electron chi connectivity index (χ2n) is 3.45. The van der Waals surface area contributed by atoms with Crippen molar-refractivity contribution in [3.05, 3.63) is 27.2 Å². The van der Waals surface area contributed by atoms with E-state index in [0.717, 1.165) is 0 Å². The van der Waals surface area contributed by atoms with Gasteiger partial charge in [-0.2, -0.15) is 0 Å². The third-order valence-corrected chi connectivity index (χ3v) is 3.88. The fraction of sp³-hybridized carbons (Fsp3) is 0.300. The van der Waals surface area contributed by atoms with Crippen LogP contribution in [0.1, 0.15) is 23.7 Å². The average molecular weight is 357 g/mol. The fourth-order valence-corrected chi connectivity index (χ4v) is 2.96. The summed E-state index contributed by atoms with van der Waals surface area (Å²) in [6.07, 6.45) is 0.652. The van der Waals surface area contributed by atoms with Crippen LogP contribution in [-0.4, -0.2) is 21.0 Å². The fourth-order valence-electron chi connectivity index (χ4n) is 1.19. The Kier molecular flexibility index (Phi) is 5.15. The lowest BCUT2D eigenvalue weighted by Gasteiger charge is -2.09. The number of hydrogen-bond acceptors (Lipinski definition) is 4. The van der Waals surface area contributed by atoms with Gasteiger partial charge in [0.05, 0.1) is 17.2 Å². The number of benzene rings is 1. The van der Waals surface area contributed by atoms with Gasteiger partial charge in [-0.3, -0.25) is 0 Å². The van der Waals surface area contributed by atoms with E-state index in [-0.39, 0.29) is 22.1 Å². The van der Waals surface area contributed by atoms with Gasteiger partial charge in [-0.15, -0.1) is 0 Å². The van der Waals surface area contributed by atoms with E-state index >= 15 is 0 Å². The van der Waals surface area contributed by atoms with Crippen LogP contribution in [0.25, 0.3) is 0 Å². The van der Waals surface area contributed by atoms with Crippen LogP contribution in [0.2, 0.25) is 5.02 Å². The number of sulfonamides is 1. The number of halogens is 2. The minimum atomic E-state index is -4.00. The summed E-state index contributed by atoms with van der Waals surface area (Å²) in [7, 11) is -4.00. The number of carbonyl (C=O) groups is 1. The lowest BCUT2D eigenvalue weighted by Crippen LogP contribution is -2.15. The van der Waals surface area contributed by atoms with E-state index in [1.807, 2.05) is 6.92 Å². The zero-order valence-electron chi connectivity index (χ0n) is 9.44. The summed E-state index contributed by atoms with van der Waals surface area (Å²) in [5, 5.41) is 4.78. The van der Waals surface area contributed by atoms with Crippen molar-refractivity contribution in [3.8, 4) is 0 Å². The Morgan fingerprint density at radius 3 is 2.61 bits per heavy atom. The zero-order valence-corrected chi connectivity index (χ0v) is 12.6. The predicted octanol–water partition coefficient (Wildman–Crippen LogP) is 2.32. The third kappa shape index (κ3) is 3.68. The minimum absolute atomic E-state index is 0.0384. The van der Waals surface area contributed by atoms with E-state index in [9.17, 15) is 13.2 Å². The minimum Gasteiger partial charge on any atom is -0.462 e. The number of rotatable bonds is 4. The molecule has 8 heteroatoms. The first-order valence-corrected chi connectivity index (χ1v) is 7.68. The summed E-state index contributed by atoms with van der Waals surface area (Å²) in [5.41, 5.74) is -0.0384. The van der Waals surface area contributed by atoms with Gasteiger partial charge in [-0.05, 0) is 18.6 Å². The molecule has 1 aromatic carbocycles. The van der Waals surface area contributed by atoms with Gasteiger partial charge in [0.1, 0.15) is 4.90 Å².